The van der Waals surface area contributed by atoms with Crippen LogP contribution in [-0.2, 0) is 11.3 Å². The lowest BCUT2D eigenvalue weighted by Gasteiger charge is -2.26. The minimum absolute atomic E-state index is 0.0955. The van der Waals surface area contributed by atoms with Crippen LogP contribution in [0.2, 0.25) is 0 Å². The molecule has 1 amide bonds. The molecular formula is C15H18N2O3. The molecule has 1 aliphatic carbocycles. The van der Waals surface area contributed by atoms with E-state index in [0.29, 0.717) is 12.1 Å². The second kappa shape index (κ2) is 5.15. The van der Waals surface area contributed by atoms with Crippen molar-refractivity contribution >= 4 is 17.0 Å². The molecule has 1 fully saturated rings. The largest absolute Gasteiger partial charge is 0.420 e. The first-order chi connectivity index (χ1) is 9.65. The Labute approximate surface area is 116 Å². The van der Waals surface area contributed by atoms with Crippen molar-refractivity contribution in [3.63, 3.8) is 0 Å². The van der Waals surface area contributed by atoms with Gasteiger partial charge in [0.05, 0.1) is 5.52 Å². The topological polar surface area (TPSA) is 64.2 Å². The van der Waals surface area contributed by atoms with Crippen LogP contribution >= 0.6 is 0 Å². The highest BCUT2D eigenvalue weighted by Gasteiger charge is 2.26. The minimum Gasteiger partial charge on any atom is -0.408 e. The third-order valence-electron chi connectivity index (χ3n) is 3.89. The van der Waals surface area contributed by atoms with Gasteiger partial charge in [0, 0.05) is 18.5 Å². The van der Waals surface area contributed by atoms with Gasteiger partial charge < -0.3 is 9.73 Å². The maximum Gasteiger partial charge on any atom is 0.420 e. The van der Waals surface area contributed by atoms with Gasteiger partial charge in [-0.3, -0.25) is 9.36 Å². The molecule has 0 radical (unpaired) electrons. The summed E-state index contributed by atoms with van der Waals surface area (Å²) in [5, 5.41) is 2.97. The van der Waals surface area contributed by atoms with Crippen LogP contribution in [0.4, 0.5) is 0 Å². The number of carbonyl (C=O) groups excluding carboxylic acids is 1. The van der Waals surface area contributed by atoms with E-state index in [2.05, 4.69) is 5.32 Å². The molecule has 0 saturated heterocycles. The number of rotatable bonds is 4. The third-order valence-corrected chi connectivity index (χ3v) is 3.89. The molecule has 0 spiro atoms. The molecule has 1 saturated carbocycles. The Morgan fingerprint density at radius 1 is 1.45 bits per heavy atom. The van der Waals surface area contributed by atoms with Crippen LogP contribution in [0.5, 0.6) is 0 Å². The molecule has 2 aromatic rings. The number of amides is 1. The van der Waals surface area contributed by atoms with Gasteiger partial charge in [0.25, 0.3) is 0 Å². The zero-order valence-corrected chi connectivity index (χ0v) is 11.5. The van der Waals surface area contributed by atoms with Gasteiger partial charge in [-0.05, 0) is 31.9 Å². The van der Waals surface area contributed by atoms with Gasteiger partial charge in [-0.1, -0.05) is 18.6 Å². The number of para-hydroxylation sites is 2. The van der Waals surface area contributed by atoms with Crippen LogP contribution in [-0.4, -0.2) is 16.5 Å². The van der Waals surface area contributed by atoms with E-state index in [1.807, 2.05) is 25.1 Å². The van der Waals surface area contributed by atoms with Crippen molar-refractivity contribution in [1.82, 2.24) is 9.88 Å². The smallest absolute Gasteiger partial charge is 0.408 e. The number of nitrogens with zero attached hydrogens (tertiary/aromatic N) is 1. The standard InChI is InChI=1S/C15H18N2O3/c1-10(16-14(18)11-5-4-6-11)9-17-12-7-2-3-8-13(12)20-15(17)19/h2-3,7-8,10-11H,4-6,9H2,1H3,(H,16,18)/t10-/m1/s1. The lowest BCUT2D eigenvalue weighted by Crippen LogP contribution is -2.42. The lowest BCUT2D eigenvalue weighted by molar-refractivity contribution is -0.128. The maximum atomic E-state index is 11.9. The summed E-state index contributed by atoms with van der Waals surface area (Å²) in [6.45, 7) is 2.33. The van der Waals surface area contributed by atoms with Gasteiger partial charge in [0.15, 0.2) is 5.58 Å². The molecule has 5 heteroatoms. The highest BCUT2D eigenvalue weighted by Crippen LogP contribution is 2.26. The Morgan fingerprint density at radius 2 is 2.20 bits per heavy atom. The fourth-order valence-electron chi connectivity index (χ4n) is 2.54. The van der Waals surface area contributed by atoms with Crippen molar-refractivity contribution < 1.29 is 9.21 Å². The van der Waals surface area contributed by atoms with Gasteiger partial charge in [0.1, 0.15) is 0 Å². The van der Waals surface area contributed by atoms with Crippen molar-refractivity contribution in [2.45, 2.75) is 38.8 Å². The summed E-state index contributed by atoms with van der Waals surface area (Å²) in [6, 6.07) is 7.22. The molecule has 1 heterocycles. The van der Waals surface area contributed by atoms with E-state index in [0.717, 1.165) is 24.8 Å². The molecule has 1 atom stereocenters. The first-order valence-electron chi connectivity index (χ1n) is 7.04. The zero-order chi connectivity index (χ0) is 14.1. The summed E-state index contributed by atoms with van der Waals surface area (Å²) in [7, 11) is 0. The number of fused-ring (bicyclic) bond motifs is 1. The van der Waals surface area contributed by atoms with E-state index in [4.69, 9.17) is 4.42 Å². The number of oxazole rings is 1. The SMILES string of the molecule is C[C@H](Cn1c(=O)oc2ccccc21)NC(=O)C1CCC1. The maximum absolute atomic E-state index is 11.9. The summed E-state index contributed by atoms with van der Waals surface area (Å²) >= 11 is 0. The van der Waals surface area contributed by atoms with E-state index < -0.39 is 0 Å². The number of hydrogen-bond donors (Lipinski definition) is 1. The molecule has 0 aliphatic heterocycles. The second-order valence-corrected chi connectivity index (χ2v) is 5.48. The fourth-order valence-corrected chi connectivity index (χ4v) is 2.54. The lowest BCUT2D eigenvalue weighted by atomic mass is 9.84. The zero-order valence-electron chi connectivity index (χ0n) is 11.5. The van der Waals surface area contributed by atoms with Crippen LogP contribution in [0, 0.1) is 5.92 Å². The van der Waals surface area contributed by atoms with Gasteiger partial charge in [-0.2, -0.15) is 0 Å². The summed E-state index contributed by atoms with van der Waals surface area (Å²) < 4.78 is 6.75. The summed E-state index contributed by atoms with van der Waals surface area (Å²) in [4.78, 5) is 23.7. The number of carbonyl (C=O) groups is 1. The van der Waals surface area contributed by atoms with E-state index >= 15 is 0 Å². The van der Waals surface area contributed by atoms with Crippen LogP contribution in [0.3, 0.4) is 0 Å². The average Bonchev–Trinajstić information content (AvgIpc) is 2.64. The Balaban J connectivity index is 1.73. The predicted octanol–water partition coefficient (Wildman–Crippen LogP) is 1.90. The van der Waals surface area contributed by atoms with Gasteiger partial charge in [-0.25, -0.2) is 4.79 Å². The van der Waals surface area contributed by atoms with E-state index in [1.54, 1.807) is 10.6 Å². The molecular weight excluding hydrogens is 256 g/mol. The molecule has 3 rings (SSSR count). The molecule has 1 aliphatic rings. The van der Waals surface area contributed by atoms with Crippen LogP contribution in [0.1, 0.15) is 26.2 Å². The van der Waals surface area contributed by atoms with E-state index in [-0.39, 0.29) is 23.6 Å². The van der Waals surface area contributed by atoms with Crippen molar-refractivity contribution in [3.05, 3.63) is 34.8 Å². The molecule has 20 heavy (non-hydrogen) atoms. The third kappa shape index (κ3) is 2.35. The Bertz CT molecular complexity index is 682. The number of aromatic nitrogens is 1. The number of benzene rings is 1. The second-order valence-electron chi connectivity index (χ2n) is 5.48. The van der Waals surface area contributed by atoms with Crippen molar-refractivity contribution in [3.8, 4) is 0 Å². The quantitative estimate of drug-likeness (QED) is 0.926. The molecule has 1 aromatic carbocycles. The summed E-state index contributed by atoms with van der Waals surface area (Å²) in [5.41, 5.74) is 1.34. The molecule has 1 aromatic heterocycles. The number of nitrogens with one attached hydrogen (secondary N) is 1. The Kier molecular flexibility index (Phi) is 3.34. The Hall–Kier alpha value is -2.04. The Morgan fingerprint density at radius 3 is 2.90 bits per heavy atom. The van der Waals surface area contributed by atoms with Crippen molar-refractivity contribution in [1.29, 1.82) is 0 Å². The minimum atomic E-state index is -0.379. The van der Waals surface area contributed by atoms with E-state index in [9.17, 15) is 9.59 Å². The average molecular weight is 274 g/mol. The van der Waals surface area contributed by atoms with E-state index in [1.165, 1.54) is 0 Å². The van der Waals surface area contributed by atoms with Gasteiger partial charge >= 0.3 is 5.76 Å². The fraction of sp³-hybridized carbons (Fsp3) is 0.467. The predicted molar refractivity (Wildman–Crippen MR) is 75.4 cm³/mol. The first-order valence-corrected chi connectivity index (χ1v) is 7.04. The van der Waals surface area contributed by atoms with Gasteiger partial charge in [-0.15, -0.1) is 0 Å². The van der Waals surface area contributed by atoms with Crippen LogP contribution in [0.15, 0.2) is 33.5 Å². The monoisotopic (exact) mass is 274 g/mol. The molecule has 0 bridgehead atoms. The number of hydrogen-bond acceptors (Lipinski definition) is 3. The summed E-state index contributed by atoms with van der Waals surface area (Å²) in [6.07, 6.45) is 3.10. The molecule has 1 N–H and O–H groups in total. The van der Waals surface area contributed by atoms with Crippen molar-refractivity contribution in [2.24, 2.45) is 5.92 Å². The van der Waals surface area contributed by atoms with Crippen LogP contribution in [0.25, 0.3) is 11.1 Å². The highest BCUT2D eigenvalue weighted by atomic mass is 16.4. The first kappa shape index (κ1) is 13.0. The normalized spacial score (nSPS) is 16.9. The van der Waals surface area contributed by atoms with Crippen LogP contribution < -0.4 is 11.1 Å². The van der Waals surface area contributed by atoms with Gasteiger partial charge in [0.2, 0.25) is 5.91 Å². The molecule has 0 unspecified atom stereocenters. The summed E-state index contributed by atoms with van der Waals surface area (Å²) in [5.74, 6) is -0.115. The van der Waals surface area contributed by atoms with Crippen molar-refractivity contribution in [2.75, 3.05) is 0 Å². The molecule has 5 nitrogen and oxygen atoms in total. The highest BCUT2D eigenvalue weighted by molar-refractivity contribution is 5.79. The molecule has 106 valence electrons.